The molecule has 0 radical (unpaired) electrons. The normalized spacial score (nSPS) is 9.63. The van der Waals surface area contributed by atoms with Crippen molar-refractivity contribution in [3.05, 3.63) is 65.7 Å². The fourth-order valence-electron chi connectivity index (χ4n) is 1.75. The van der Waals surface area contributed by atoms with E-state index in [1.54, 1.807) is 12.1 Å². The summed E-state index contributed by atoms with van der Waals surface area (Å²) >= 11 is 0. The lowest BCUT2D eigenvalue weighted by Crippen LogP contribution is -2.08. The quantitative estimate of drug-likeness (QED) is 0.829. The number of hydrogen-bond acceptors (Lipinski definition) is 3. The Hall–Kier alpha value is -2.60. The summed E-state index contributed by atoms with van der Waals surface area (Å²) in [7, 11) is 0. The molecule has 0 saturated carbocycles. The number of carbonyl (C=O) groups is 1. The van der Waals surface area contributed by atoms with Gasteiger partial charge in [-0.15, -0.1) is 0 Å². The third-order valence-electron chi connectivity index (χ3n) is 2.79. The van der Waals surface area contributed by atoms with Gasteiger partial charge in [0.1, 0.15) is 0 Å². The molecular weight excluding hydrogens is 236 g/mol. The van der Waals surface area contributed by atoms with Crippen LogP contribution in [-0.2, 0) is 0 Å². The van der Waals surface area contributed by atoms with Crippen molar-refractivity contribution >= 4 is 11.5 Å². The second kappa shape index (κ2) is 6.36. The number of anilines is 1. The monoisotopic (exact) mass is 250 g/mol. The van der Waals surface area contributed by atoms with Crippen LogP contribution in [0.2, 0.25) is 0 Å². The number of carbonyl (C=O) groups excluding carboxylic acids is 1. The van der Waals surface area contributed by atoms with Crippen LogP contribution in [0, 0.1) is 11.3 Å². The fourth-order valence-corrected chi connectivity index (χ4v) is 1.75. The largest absolute Gasteiger partial charge is 0.385 e. The highest BCUT2D eigenvalue weighted by molar-refractivity contribution is 5.96. The Morgan fingerprint density at radius 3 is 2.37 bits per heavy atom. The van der Waals surface area contributed by atoms with Crippen molar-refractivity contribution in [3.63, 3.8) is 0 Å². The minimum atomic E-state index is 0.127. The van der Waals surface area contributed by atoms with Crippen LogP contribution in [0.5, 0.6) is 0 Å². The first kappa shape index (κ1) is 12.8. The van der Waals surface area contributed by atoms with Crippen molar-refractivity contribution in [1.82, 2.24) is 0 Å². The summed E-state index contributed by atoms with van der Waals surface area (Å²) in [6.45, 7) is 0.583. The Morgan fingerprint density at radius 2 is 1.74 bits per heavy atom. The number of rotatable bonds is 5. The minimum absolute atomic E-state index is 0.127. The van der Waals surface area contributed by atoms with Gasteiger partial charge in [-0.2, -0.15) is 5.26 Å². The van der Waals surface area contributed by atoms with Crippen molar-refractivity contribution in [2.24, 2.45) is 0 Å². The van der Waals surface area contributed by atoms with Gasteiger partial charge in [0.15, 0.2) is 5.78 Å². The summed E-state index contributed by atoms with van der Waals surface area (Å²) in [5.41, 5.74) is 2.29. The summed E-state index contributed by atoms with van der Waals surface area (Å²) < 4.78 is 0. The molecule has 0 bridgehead atoms. The molecule has 1 N–H and O–H groups in total. The Kier molecular flexibility index (Phi) is 4.30. The number of benzene rings is 2. The van der Waals surface area contributed by atoms with E-state index in [-0.39, 0.29) is 5.78 Å². The lowest BCUT2D eigenvalue weighted by atomic mass is 10.1. The van der Waals surface area contributed by atoms with Gasteiger partial charge in [0.25, 0.3) is 0 Å². The first-order chi connectivity index (χ1) is 9.29. The van der Waals surface area contributed by atoms with E-state index in [2.05, 4.69) is 11.4 Å². The van der Waals surface area contributed by atoms with Gasteiger partial charge in [0.05, 0.1) is 11.6 Å². The topological polar surface area (TPSA) is 52.9 Å². The minimum Gasteiger partial charge on any atom is -0.385 e. The molecule has 2 aromatic carbocycles. The number of hydrogen-bond donors (Lipinski definition) is 1. The molecule has 0 aliphatic heterocycles. The molecule has 94 valence electrons. The molecule has 3 heteroatoms. The second-order valence-corrected chi connectivity index (χ2v) is 4.16. The van der Waals surface area contributed by atoms with Crippen LogP contribution in [0.25, 0.3) is 0 Å². The van der Waals surface area contributed by atoms with Crippen LogP contribution >= 0.6 is 0 Å². The van der Waals surface area contributed by atoms with Crippen LogP contribution in [0.1, 0.15) is 22.3 Å². The zero-order chi connectivity index (χ0) is 13.5. The van der Waals surface area contributed by atoms with Gasteiger partial charge in [0.2, 0.25) is 0 Å². The standard InChI is InChI=1S/C16H14N2O/c17-12-13-6-8-15(9-7-13)18-11-10-16(19)14-4-2-1-3-5-14/h1-9,18H,10-11H2. The maximum absolute atomic E-state index is 11.9. The molecule has 2 aromatic rings. The molecule has 0 heterocycles. The third kappa shape index (κ3) is 3.68. The van der Waals surface area contributed by atoms with Gasteiger partial charge in [-0.25, -0.2) is 0 Å². The van der Waals surface area contributed by atoms with Crippen LogP contribution in [0.3, 0.4) is 0 Å². The average Bonchev–Trinajstić information content (AvgIpc) is 2.49. The lowest BCUT2D eigenvalue weighted by molar-refractivity contribution is 0.0986. The maximum atomic E-state index is 11.9. The first-order valence-corrected chi connectivity index (χ1v) is 6.12. The zero-order valence-corrected chi connectivity index (χ0v) is 10.5. The van der Waals surface area contributed by atoms with Crippen molar-refractivity contribution in [2.45, 2.75) is 6.42 Å². The molecule has 0 aromatic heterocycles. The Morgan fingerprint density at radius 1 is 1.05 bits per heavy atom. The Labute approximate surface area is 112 Å². The zero-order valence-electron chi connectivity index (χ0n) is 10.5. The van der Waals surface area contributed by atoms with E-state index in [1.165, 1.54) is 0 Å². The number of ketones is 1. The van der Waals surface area contributed by atoms with Gasteiger partial charge in [-0.3, -0.25) is 4.79 Å². The first-order valence-electron chi connectivity index (χ1n) is 6.12. The van der Waals surface area contributed by atoms with Crippen LogP contribution in [-0.4, -0.2) is 12.3 Å². The van der Waals surface area contributed by atoms with Gasteiger partial charge < -0.3 is 5.32 Å². The Balaban J connectivity index is 1.83. The van der Waals surface area contributed by atoms with E-state index < -0.39 is 0 Å². The van der Waals surface area contributed by atoms with Crippen LogP contribution < -0.4 is 5.32 Å². The molecule has 0 aliphatic carbocycles. The molecule has 0 aliphatic rings. The SMILES string of the molecule is N#Cc1ccc(NCCC(=O)c2ccccc2)cc1. The van der Waals surface area contributed by atoms with Crippen LogP contribution in [0.15, 0.2) is 54.6 Å². The maximum Gasteiger partial charge on any atom is 0.164 e. The van der Waals surface area contributed by atoms with Crippen molar-refractivity contribution < 1.29 is 4.79 Å². The number of nitriles is 1. The second-order valence-electron chi connectivity index (χ2n) is 4.16. The molecule has 3 nitrogen and oxygen atoms in total. The summed E-state index contributed by atoms with van der Waals surface area (Å²) in [5, 5.41) is 11.9. The van der Waals surface area contributed by atoms with Crippen molar-refractivity contribution in [3.8, 4) is 6.07 Å². The highest BCUT2D eigenvalue weighted by Crippen LogP contribution is 2.09. The predicted molar refractivity (Wildman–Crippen MR) is 75.0 cm³/mol. The summed E-state index contributed by atoms with van der Waals surface area (Å²) in [6.07, 6.45) is 0.448. The molecule has 19 heavy (non-hydrogen) atoms. The number of Topliss-reactive ketones (excluding diaryl/α,β-unsaturated/α-hetero) is 1. The van der Waals surface area contributed by atoms with Gasteiger partial charge in [0, 0.05) is 24.2 Å². The molecule has 0 amide bonds. The van der Waals surface area contributed by atoms with Crippen molar-refractivity contribution in [2.75, 3.05) is 11.9 Å². The molecule has 2 rings (SSSR count). The highest BCUT2D eigenvalue weighted by atomic mass is 16.1. The average molecular weight is 250 g/mol. The molecule has 0 fully saturated rings. The fraction of sp³-hybridized carbons (Fsp3) is 0.125. The van der Waals surface area contributed by atoms with Gasteiger partial charge in [-0.05, 0) is 24.3 Å². The van der Waals surface area contributed by atoms with Crippen molar-refractivity contribution in [1.29, 1.82) is 5.26 Å². The summed E-state index contributed by atoms with van der Waals surface area (Å²) in [6, 6.07) is 18.5. The Bertz CT molecular complexity index is 582. The summed E-state index contributed by atoms with van der Waals surface area (Å²) in [5.74, 6) is 0.127. The predicted octanol–water partition coefficient (Wildman–Crippen LogP) is 3.24. The van der Waals surface area contributed by atoms with Gasteiger partial charge in [-0.1, -0.05) is 30.3 Å². The van der Waals surface area contributed by atoms with Gasteiger partial charge >= 0.3 is 0 Å². The molecule has 0 unspecified atom stereocenters. The van der Waals surface area contributed by atoms with E-state index in [4.69, 9.17) is 5.26 Å². The highest BCUT2D eigenvalue weighted by Gasteiger charge is 2.04. The van der Waals surface area contributed by atoms with E-state index in [1.807, 2.05) is 42.5 Å². The number of nitrogens with zero attached hydrogens (tertiary/aromatic N) is 1. The molecular formula is C16H14N2O. The number of nitrogens with one attached hydrogen (secondary N) is 1. The van der Waals surface area contributed by atoms with E-state index in [0.717, 1.165) is 11.3 Å². The van der Waals surface area contributed by atoms with Crippen LogP contribution in [0.4, 0.5) is 5.69 Å². The van der Waals surface area contributed by atoms with E-state index >= 15 is 0 Å². The molecule has 0 saturated heterocycles. The summed E-state index contributed by atoms with van der Waals surface area (Å²) in [4.78, 5) is 11.9. The third-order valence-corrected chi connectivity index (χ3v) is 2.79. The smallest absolute Gasteiger partial charge is 0.164 e. The molecule has 0 spiro atoms. The lowest BCUT2D eigenvalue weighted by Gasteiger charge is -2.05. The molecule has 0 atom stereocenters. The van der Waals surface area contributed by atoms with E-state index in [0.29, 0.717) is 18.5 Å². The van der Waals surface area contributed by atoms with E-state index in [9.17, 15) is 4.79 Å².